The number of fused-ring (bicyclic) bond motifs is 2. The van der Waals surface area contributed by atoms with Crippen molar-refractivity contribution < 1.29 is 17.9 Å². The Morgan fingerprint density at radius 1 is 1.30 bits per heavy atom. The quantitative estimate of drug-likeness (QED) is 0.847. The maximum absolute atomic E-state index is 13.0. The number of rotatable bonds is 4. The van der Waals surface area contributed by atoms with Crippen LogP contribution in [-0.2, 0) is 10.0 Å². The molecule has 0 spiro atoms. The van der Waals surface area contributed by atoms with E-state index in [-0.39, 0.29) is 28.3 Å². The molecule has 1 amide bonds. The minimum absolute atomic E-state index is 0.0367. The van der Waals surface area contributed by atoms with E-state index in [4.69, 9.17) is 10.5 Å². The Balaban J connectivity index is 2.02. The van der Waals surface area contributed by atoms with E-state index in [0.717, 1.165) is 18.4 Å². The number of hydrogen-bond donors (Lipinski definition) is 1. The normalized spacial score (nSPS) is 24.7. The van der Waals surface area contributed by atoms with Crippen LogP contribution in [0.5, 0.6) is 5.75 Å². The van der Waals surface area contributed by atoms with Gasteiger partial charge in [-0.15, -0.1) is 0 Å². The van der Waals surface area contributed by atoms with Crippen LogP contribution in [-0.4, -0.2) is 37.8 Å². The molecule has 2 unspecified atom stereocenters. The first kappa shape index (κ1) is 16.0. The topological polar surface area (TPSA) is 89.7 Å². The molecule has 2 heterocycles. The summed E-state index contributed by atoms with van der Waals surface area (Å²) in [4.78, 5) is 11.6. The Morgan fingerprint density at radius 3 is 2.43 bits per heavy atom. The van der Waals surface area contributed by atoms with Gasteiger partial charge in [0.2, 0.25) is 10.0 Å². The third-order valence-corrected chi connectivity index (χ3v) is 6.61. The van der Waals surface area contributed by atoms with Gasteiger partial charge in [0.1, 0.15) is 5.75 Å². The van der Waals surface area contributed by atoms with Crippen LogP contribution in [0.2, 0.25) is 0 Å². The number of methoxy groups -OCH3 is 1. The Kier molecular flexibility index (Phi) is 3.93. The van der Waals surface area contributed by atoms with E-state index in [0.29, 0.717) is 12.8 Å². The average molecular weight is 336 g/mol. The van der Waals surface area contributed by atoms with Gasteiger partial charge in [0.25, 0.3) is 5.91 Å². The Hall–Kier alpha value is -1.86. The second-order valence-corrected chi connectivity index (χ2v) is 7.95. The number of benzene rings is 1. The molecule has 2 fully saturated rings. The average Bonchev–Trinajstić information content (AvgIpc) is 2.79. The minimum Gasteiger partial charge on any atom is -0.496 e. The molecule has 0 radical (unpaired) electrons. The van der Waals surface area contributed by atoms with Gasteiger partial charge in [-0.3, -0.25) is 4.79 Å². The number of nitrogens with zero attached hydrogens (tertiary/aromatic N) is 1. The van der Waals surface area contributed by atoms with E-state index in [1.54, 1.807) is 4.31 Å². The number of amides is 1. The van der Waals surface area contributed by atoms with Crippen LogP contribution in [0.3, 0.4) is 0 Å². The SMILES string of the molecule is C=C1CC2CCC(C1)N2S(=O)(=O)c1ccc(OC)c(C(N)=O)c1. The molecule has 23 heavy (non-hydrogen) atoms. The second-order valence-electron chi connectivity index (χ2n) is 6.10. The maximum atomic E-state index is 13.0. The van der Waals surface area contributed by atoms with Crippen molar-refractivity contribution in [1.82, 2.24) is 4.31 Å². The number of ether oxygens (including phenoxy) is 1. The zero-order valence-electron chi connectivity index (χ0n) is 13.0. The number of carbonyl (C=O) groups is 1. The highest BCUT2D eigenvalue weighted by molar-refractivity contribution is 7.89. The van der Waals surface area contributed by atoms with Crippen LogP contribution < -0.4 is 10.5 Å². The van der Waals surface area contributed by atoms with Crippen molar-refractivity contribution in [3.63, 3.8) is 0 Å². The van der Waals surface area contributed by atoms with Crippen molar-refractivity contribution in [2.45, 2.75) is 42.7 Å². The zero-order valence-corrected chi connectivity index (χ0v) is 13.8. The first-order valence-corrected chi connectivity index (χ1v) is 8.96. The van der Waals surface area contributed by atoms with Crippen LogP contribution in [0.1, 0.15) is 36.0 Å². The van der Waals surface area contributed by atoms with Crippen LogP contribution in [0.4, 0.5) is 0 Å². The molecule has 0 aliphatic carbocycles. The van der Waals surface area contributed by atoms with Crippen molar-refractivity contribution in [3.05, 3.63) is 35.9 Å². The molecule has 1 aromatic carbocycles. The van der Waals surface area contributed by atoms with Gasteiger partial charge < -0.3 is 10.5 Å². The van der Waals surface area contributed by atoms with E-state index in [1.165, 1.54) is 25.3 Å². The van der Waals surface area contributed by atoms with E-state index in [9.17, 15) is 13.2 Å². The fourth-order valence-corrected chi connectivity index (χ4v) is 5.52. The van der Waals surface area contributed by atoms with Crippen LogP contribution in [0.15, 0.2) is 35.2 Å². The van der Waals surface area contributed by atoms with Crippen molar-refractivity contribution in [2.75, 3.05) is 7.11 Å². The first-order chi connectivity index (χ1) is 10.8. The van der Waals surface area contributed by atoms with Gasteiger partial charge in [-0.1, -0.05) is 12.2 Å². The summed E-state index contributed by atoms with van der Waals surface area (Å²) in [6.45, 7) is 4.01. The highest BCUT2D eigenvalue weighted by Gasteiger charge is 2.45. The van der Waals surface area contributed by atoms with Gasteiger partial charge >= 0.3 is 0 Å². The number of hydrogen-bond acceptors (Lipinski definition) is 4. The summed E-state index contributed by atoms with van der Waals surface area (Å²) in [5, 5.41) is 0. The highest BCUT2D eigenvalue weighted by Crippen LogP contribution is 2.41. The Bertz CT molecular complexity index is 756. The first-order valence-electron chi connectivity index (χ1n) is 7.52. The predicted octanol–water partition coefficient (Wildman–Crippen LogP) is 1.67. The van der Waals surface area contributed by atoms with Gasteiger partial charge in [-0.2, -0.15) is 4.31 Å². The predicted molar refractivity (Wildman–Crippen MR) is 85.7 cm³/mol. The lowest BCUT2D eigenvalue weighted by molar-refractivity contribution is 0.0997. The van der Waals surface area contributed by atoms with Gasteiger partial charge in [-0.05, 0) is 43.9 Å². The van der Waals surface area contributed by atoms with Gasteiger partial charge in [0.05, 0.1) is 17.6 Å². The fraction of sp³-hybridized carbons (Fsp3) is 0.438. The molecule has 3 rings (SSSR count). The Labute approximate surface area is 136 Å². The van der Waals surface area contributed by atoms with E-state index >= 15 is 0 Å². The molecule has 0 saturated carbocycles. The molecule has 2 atom stereocenters. The Morgan fingerprint density at radius 2 is 1.91 bits per heavy atom. The van der Waals surface area contributed by atoms with Crippen LogP contribution in [0.25, 0.3) is 0 Å². The molecular weight excluding hydrogens is 316 g/mol. The molecule has 2 aliphatic heterocycles. The summed E-state index contributed by atoms with van der Waals surface area (Å²) in [5.74, 6) is -0.444. The number of nitrogens with two attached hydrogens (primary N) is 1. The summed E-state index contributed by atoms with van der Waals surface area (Å²) < 4.78 is 32.7. The molecule has 1 aromatic rings. The minimum atomic E-state index is -3.67. The molecule has 2 saturated heterocycles. The third kappa shape index (κ3) is 2.64. The van der Waals surface area contributed by atoms with E-state index in [1.807, 2.05) is 0 Å². The van der Waals surface area contributed by atoms with Crippen molar-refractivity contribution >= 4 is 15.9 Å². The zero-order chi connectivity index (χ0) is 16.8. The monoisotopic (exact) mass is 336 g/mol. The van der Waals surface area contributed by atoms with E-state index < -0.39 is 15.9 Å². The summed E-state index contributed by atoms with van der Waals surface area (Å²) in [6, 6.07) is 4.16. The van der Waals surface area contributed by atoms with E-state index in [2.05, 4.69) is 6.58 Å². The summed E-state index contributed by atoms with van der Waals surface area (Å²) in [5.41, 5.74) is 6.51. The molecule has 7 heteroatoms. The standard InChI is InChI=1S/C16H20N2O4S/c1-10-7-11-3-4-12(8-10)18(11)23(20,21)13-5-6-15(22-2)14(9-13)16(17)19/h5-6,9,11-12H,1,3-4,7-8H2,2H3,(H2,17,19). The summed E-state index contributed by atoms with van der Waals surface area (Å²) in [7, 11) is -2.26. The largest absolute Gasteiger partial charge is 0.496 e. The lowest BCUT2D eigenvalue weighted by Gasteiger charge is -2.34. The fourth-order valence-electron chi connectivity index (χ4n) is 3.63. The molecule has 0 aromatic heterocycles. The molecule has 2 aliphatic rings. The maximum Gasteiger partial charge on any atom is 0.252 e. The lowest BCUT2D eigenvalue weighted by atomic mass is 10.0. The number of sulfonamides is 1. The lowest BCUT2D eigenvalue weighted by Crippen LogP contribution is -2.44. The highest BCUT2D eigenvalue weighted by atomic mass is 32.2. The van der Waals surface area contributed by atoms with Crippen molar-refractivity contribution in [2.24, 2.45) is 5.73 Å². The van der Waals surface area contributed by atoms with Crippen LogP contribution in [0, 0.1) is 0 Å². The number of piperidine rings is 1. The summed E-state index contributed by atoms with van der Waals surface area (Å²) >= 11 is 0. The van der Waals surface area contributed by atoms with Crippen LogP contribution >= 0.6 is 0 Å². The molecule has 6 nitrogen and oxygen atoms in total. The number of carbonyl (C=O) groups excluding carboxylic acids is 1. The smallest absolute Gasteiger partial charge is 0.252 e. The molecular formula is C16H20N2O4S. The summed E-state index contributed by atoms with van der Waals surface area (Å²) in [6.07, 6.45) is 3.10. The van der Waals surface area contributed by atoms with Gasteiger partial charge in [0, 0.05) is 12.1 Å². The molecule has 124 valence electrons. The van der Waals surface area contributed by atoms with Gasteiger partial charge in [0.15, 0.2) is 0 Å². The molecule has 2 N–H and O–H groups in total. The van der Waals surface area contributed by atoms with Gasteiger partial charge in [-0.25, -0.2) is 8.42 Å². The molecule has 2 bridgehead atoms. The number of primary amides is 1. The van der Waals surface area contributed by atoms with Crippen molar-refractivity contribution in [3.8, 4) is 5.75 Å². The third-order valence-electron chi connectivity index (χ3n) is 4.61. The van der Waals surface area contributed by atoms with Crippen molar-refractivity contribution in [1.29, 1.82) is 0 Å². The second kappa shape index (κ2) is 5.65.